The number of oxazole rings is 1. The minimum absolute atomic E-state index is 0.255. The number of carbonyl (C=O) groups is 1. The van der Waals surface area contributed by atoms with Gasteiger partial charge in [-0.3, -0.25) is 4.79 Å². The van der Waals surface area contributed by atoms with Gasteiger partial charge in [0.25, 0.3) is 5.91 Å². The van der Waals surface area contributed by atoms with Gasteiger partial charge in [-0.25, -0.2) is 14.4 Å². The number of ether oxygens (including phenoxy) is 1. The summed E-state index contributed by atoms with van der Waals surface area (Å²) in [5.41, 5.74) is 1.05. The third kappa shape index (κ3) is 4.49. The number of nitrogens with zero attached hydrogens (tertiary/aromatic N) is 2. The van der Waals surface area contributed by atoms with Gasteiger partial charge in [0.2, 0.25) is 11.8 Å². The Morgan fingerprint density at radius 3 is 2.83 bits per heavy atom. The molecule has 0 aliphatic heterocycles. The molecule has 0 bridgehead atoms. The quantitative estimate of drug-likeness (QED) is 0.487. The number of aryl methyl sites for hydroxylation is 1. The van der Waals surface area contributed by atoms with Gasteiger partial charge in [0.15, 0.2) is 5.69 Å². The zero-order valence-electron chi connectivity index (χ0n) is 15.4. The van der Waals surface area contributed by atoms with Gasteiger partial charge < -0.3 is 14.5 Å². The maximum atomic E-state index is 13.0. The van der Waals surface area contributed by atoms with Crippen molar-refractivity contribution in [1.82, 2.24) is 15.3 Å². The van der Waals surface area contributed by atoms with Crippen LogP contribution in [0.25, 0.3) is 10.8 Å². The highest BCUT2D eigenvalue weighted by atomic mass is 32.1. The predicted octanol–water partition coefficient (Wildman–Crippen LogP) is 4.97. The van der Waals surface area contributed by atoms with Crippen molar-refractivity contribution >= 4 is 17.2 Å². The number of thiophene rings is 1. The van der Waals surface area contributed by atoms with E-state index in [1.807, 2.05) is 17.5 Å². The summed E-state index contributed by atoms with van der Waals surface area (Å²) < 4.78 is 24.2. The van der Waals surface area contributed by atoms with Crippen molar-refractivity contribution in [1.29, 1.82) is 0 Å². The van der Waals surface area contributed by atoms with Crippen LogP contribution in [0.3, 0.4) is 0 Å². The Kier molecular flexibility index (Phi) is 5.35. The van der Waals surface area contributed by atoms with E-state index in [4.69, 9.17) is 9.15 Å². The first-order valence-electron chi connectivity index (χ1n) is 8.76. The molecule has 6 nitrogen and oxygen atoms in total. The highest BCUT2D eigenvalue weighted by molar-refractivity contribution is 7.13. The number of benzene rings is 1. The average molecular weight is 409 g/mol. The monoisotopic (exact) mass is 409 g/mol. The lowest BCUT2D eigenvalue weighted by Crippen LogP contribution is -2.23. The van der Waals surface area contributed by atoms with Crippen molar-refractivity contribution in [3.8, 4) is 22.4 Å². The fourth-order valence-electron chi connectivity index (χ4n) is 2.62. The second kappa shape index (κ2) is 8.24. The van der Waals surface area contributed by atoms with Gasteiger partial charge in [-0.2, -0.15) is 0 Å². The van der Waals surface area contributed by atoms with Crippen LogP contribution in [0, 0.1) is 12.7 Å². The minimum atomic E-state index is -0.341. The summed E-state index contributed by atoms with van der Waals surface area (Å²) in [6.07, 6.45) is 1.58. The van der Waals surface area contributed by atoms with Gasteiger partial charge in [-0.15, -0.1) is 11.3 Å². The molecule has 0 spiro atoms. The summed E-state index contributed by atoms with van der Waals surface area (Å²) >= 11 is 1.49. The second-order valence-corrected chi connectivity index (χ2v) is 7.09. The maximum absolute atomic E-state index is 13.0. The topological polar surface area (TPSA) is 77.3 Å². The van der Waals surface area contributed by atoms with Gasteiger partial charge >= 0.3 is 0 Å². The smallest absolute Gasteiger partial charge is 0.273 e. The van der Waals surface area contributed by atoms with E-state index in [1.54, 1.807) is 25.3 Å². The molecule has 3 heterocycles. The molecule has 146 valence electrons. The molecule has 0 radical (unpaired) electrons. The molecule has 8 heteroatoms. The Morgan fingerprint density at radius 2 is 2.07 bits per heavy atom. The lowest BCUT2D eigenvalue weighted by molar-refractivity contribution is 0.0945. The van der Waals surface area contributed by atoms with Crippen molar-refractivity contribution in [2.75, 3.05) is 0 Å². The molecule has 0 unspecified atom stereocenters. The Morgan fingerprint density at radius 1 is 1.24 bits per heavy atom. The standard InChI is InChI=1S/C21H16FN3O3S/c1-13-19(25-21(27-13)17-3-2-10-29-17)20(26)24-12-14-8-9-23-18(11-14)28-16-6-4-15(22)5-7-16/h2-11H,12H2,1H3,(H,24,26). The van der Waals surface area contributed by atoms with Crippen molar-refractivity contribution in [3.63, 3.8) is 0 Å². The van der Waals surface area contributed by atoms with Crippen LogP contribution in [0.5, 0.6) is 11.6 Å². The van der Waals surface area contributed by atoms with Gasteiger partial charge in [-0.1, -0.05) is 6.07 Å². The van der Waals surface area contributed by atoms with E-state index < -0.39 is 0 Å². The fraction of sp³-hybridized carbons (Fsp3) is 0.0952. The first kappa shape index (κ1) is 18.8. The van der Waals surface area contributed by atoms with Crippen LogP contribution in [-0.2, 0) is 6.54 Å². The van der Waals surface area contributed by atoms with E-state index in [1.165, 1.54) is 35.6 Å². The first-order chi connectivity index (χ1) is 14.1. The molecule has 0 saturated carbocycles. The van der Waals surface area contributed by atoms with Crippen LogP contribution in [0.1, 0.15) is 21.8 Å². The molecule has 1 amide bonds. The second-order valence-electron chi connectivity index (χ2n) is 6.14. The highest BCUT2D eigenvalue weighted by Gasteiger charge is 2.18. The molecule has 4 aromatic rings. The van der Waals surface area contributed by atoms with E-state index in [0.717, 1.165) is 10.4 Å². The number of nitrogens with one attached hydrogen (secondary N) is 1. The van der Waals surface area contributed by atoms with Gasteiger partial charge in [0.1, 0.15) is 17.3 Å². The van der Waals surface area contributed by atoms with Crippen molar-refractivity contribution in [2.24, 2.45) is 0 Å². The van der Waals surface area contributed by atoms with E-state index >= 15 is 0 Å². The lowest BCUT2D eigenvalue weighted by atomic mass is 10.2. The Labute approximate surface area is 170 Å². The van der Waals surface area contributed by atoms with E-state index in [2.05, 4.69) is 15.3 Å². The zero-order valence-corrected chi connectivity index (χ0v) is 16.2. The molecule has 4 rings (SSSR count). The summed E-state index contributed by atoms with van der Waals surface area (Å²) in [5, 5.41) is 4.74. The number of halogens is 1. The summed E-state index contributed by atoms with van der Waals surface area (Å²) in [5.74, 6) is 1.04. The van der Waals surface area contributed by atoms with Crippen LogP contribution in [-0.4, -0.2) is 15.9 Å². The summed E-state index contributed by atoms with van der Waals surface area (Å²) in [7, 11) is 0. The molecule has 1 N–H and O–H groups in total. The van der Waals surface area contributed by atoms with Crippen LogP contribution >= 0.6 is 11.3 Å². The number of amides is 1. The molecular formula is C21H16FN3O3S. The van der Waals surface area contributed by atoms with Crippen LogP contribution < -0.4 is 10.1 Å². The molecular weight excluding hydrogens is 393 g/mol. The number of rotatable bonds is 6. The molecule has 0 aliphatic carbocycles. The molecule has 29 heavy (non-hydrogen) atoms. The minimum Gasteiger partial charge on any atom is -0.440 e. The largest absolute Gasteiger partial charge is 0.440 e. The van der Waals surface area contributed by atoms with Crippen molar-refractivity contribution < 1.29 is 18.3 Å². The van der Waals surface area contributed by atoms with Crippen LogP contribution in [0.2, 0.25) is 0 Å². The molecule has 0 saturated heterocycles. The van der Waals surface area contributed by atoms with Gasteiger partial charge in [0.05, 0.1) is 4.88 Å². The Hall–Kier alpha value is -3.52. The van der Waals surface area contributed by atoms with Gasteiger partial charge in [0, 0.05) is 18.8 Å². The van der Waals surface area contributed by atoms with Crippen molar-refractivity contribution in [2.45, 2.75) is 13.5 Å². The van der Waals surface area contributed by atoms with Crippen LogP contribution in [0.4, 0.5) is 4.39 Å². The third-order valence-corrected chi connectivity index (χ3v) is 4.89. The number of carbonyl (C=O) groups excluding carboxylic acids is 1. The number of aromatic nitrogens is 2. The highest BCUT2D eigenvalue weighted by Crippen LogP contribution is 2.26. The summed E-state index contributed by atoms with van der Waals surface area (Å²) in [4.78, 5) is 21.8. The lowest BCUT2D eigenvalue weighted by Gasteiger charge is -2.07. The Bertz CT molecular complexity index is 1120. The van der Waals surface area contributed by atoms with E-state index in [0.29, 0.717) is 23.3 Å². The predicted molar refractivity (Wildman–Crippen MR) is 106 cm³/mol. The maximum Gasteiger partial charge on any atom is 0.273 e. The SMILES string of the molecule is Cc1oc(-c2cccs2)nc1C(=O)NCc1ccnc(Oc2ccc(F)cc2)c1. The molecule has 0 aliphatic rings. The Balaban J connectivity index is 1.41. The summed E-state index contributed by atoms with van der Waals surface area (Å²) in [6.45, 7) is 1.97. The first-order valence-corrected chi connectivity index (χ1v) is 9.64. The zero-order chi connectivity index (χ0) is 20.2. The van der Waals surface area contributed by atoms with E-state index in [9.17, 15) is 9.18 Å². The van der Waals surface area contributed by atoms with Crippen molar-refractivity contribution in [3.05, 3.63) is 82.9 Å². The normalized spacial score (nSPS) is 10.7. The summed E-state index contributed by atoms with van der Waals surface area (Å²) in [6, 6.07) is 12.9. The molecule has 3 aromatic heterocycles. The number of hydrogen-bond donors (Lipinski definition) is 1. The third-order valence-electron chi connectivity index (χ3n) is 4.03. The van der Waals surface area contributed by atoms with E-state index in [-0.39, 0.29) is 24.0 Å². The number of hydrogen-bond acceptors (Lipinski definition) is 6. The number of pyridine rings is 1. The van der Waals surface area contributed by atoms with Crippen LogP contribution in [0.15, 0.2) is 64.5 Å². The fourth-order valence-corrected chi connectivity index (χ4v) is 3.27. The van der Waals surface area contributed by atoms with Gasteiger partial charge in [-0.05, 0) is 54.3 Å². The molecule has 0 fully saturated rings. The molecule has 0 atom stereocenters. The molecule has 1 aromatic carbocycles. The average Bonchev–Trinajstić information content (AvgIpc) is 3.38.